The minimum absolute atomic E-state index is 0.0269. The molecule has 222 valence electrons. The molecule has 15 heteroatoms. The molecule has 1 aliphatic rings. The van der Waals surface area contributed by atoms with Crippen LogP contribution >= 0.6 is 22.9 Å². The topological polar surface area (TPSA) is 126 Å². The number of fused-ring (bicyclic) bond motifs is 1. The zero-order chi connectivity index (χ0) is 31.1. The van der Waals surface area contributed by atoms with Crippen molar-refractivity contribution in [2.24, 2.45) is 4.99 Å². The lowest BCUT2D eigenvalue weighted by atomic mass is 9.95. The number of hydrogen-bond acceptors (Lipinski definition) is 9. The molecule has 0 amide bonds. The fourth-order valence-corrected chi connectivity index (χ4v) is 5.61. The maximum Gasteiger partial charge on any atom is 0.434 e. The molecule has 0 radical (unpaired) electrons. The zero-order valence-electron chi connectivity index (χ0n) is 22.2. The van der Waals surface area contributed by atoms with Crippen molar-refractivity contribution in [1.82, 2.24) is 4.57 Å². The fraction of sp³-hybridized carbons (Fsp3) is 0.179. The molecule has 0 N–H and O–H groups in total. The first-order chi connectivity index (χ1) is 20.4. The van der Waals surface area contributed by atoms with E-state index in [-0.39, 0.29) is 44.5 Å². The number of non-ortho nitro benzene ring substituents is 1. The van der Waals surface area contributed by atoms with Crippen LogP contribution in [0.15, 0.2) is 80.1 Å². The molecule has 2 aromatic heterocycles. The molecule has 1 atom stereocenters. The second-order valence-electron chi connectivity index (χ2n) is 8.96. The van der Waals surface area contributed by atoms with Crippen molar-refractivity contribution in [3.8, 4) is 17.1 Å². The van der Waals surface area contributed by atoms with Crippen LogP contribution in [0.1, 0.15) is 24.3 Å². The van der Waals surface area contributed by atoms with E-state index >= 15 is 0 Å². The van der Waals surface area contributed by atoms with Crippen LogP contribution in [0.4, 0.5) is 18.9 Å². The van der Waals surface area contributed by atoms with E-state index < -0.39 is 39.9 Å². The maximum absolute atomic E-state index is 14.3. The van der Waals surface area contributed by atoms with Crippen molar-refractivity contribution in [2.75, 3.05) is 13.7 Å². The third kappa shape index (κ3) is 5.70. The Morgan fingerprint density at radius 1 is 1.21 bits per heavy atom. The van der Waals surface area contributed by atoms with E-state index in [0.29, 0.717) is 21.9 Å². The Kier molecular flexibility index (Phi) is 7.99. The molecule has 0 bridgehead atoms. The van der Waals surface area contributed by atoms with Gasteiger partial charge in [-0.1, -0.05) is 35.1 Å². The summed E-state index contributed by atoms with van der Waals surface area (Å²) >= 11 is 6.67. The molecule has 2 aromatic carbocycles. The lowest BCUT2D eigenvalue weighted by Gasteiger charge is -2.26. The third-order valence-corrected chi connectivity index (χ3v) is 7.58. The molecular weight excluding hydrogens is 615 g/mol. The number of carbonyl (C=O) groups excluding carboxylic acids is 1. The number of nitro groups is 1. The standard InChI is InChI=1S/C28H19ClF3N3O7S/c1-3-41-26(37)22-23(14-4-6-15(29)7-5-14)34-25(36)21(43-27(34)33-24(22)28(30,31)32)13-17-9-11-19(42-17)18-10-8-16(35(38)39)12-20(18)40-2/h4-13,23H,3H2,1-2H3/b21-13-/t23-/m1/s1. The molecule has 4 aromatic rings. The molecule has 0 unspecified atom stereocenters. The summed E-state index contributed by atoms with van der Waals surface area (Å²) in [7, 11) is 1.34. The second-order valence-corrected chi connectivity index (χ2v) is 10.4. The largest absolute Gasteiger partial charge is 0.496 e. The Bertz CT molecular complexity index is 1960. The predicted octanol–water partition coefficient (Wildman–Crippen LogP) is 5.17. The number of hydrogen-bond donors (Lipinski definition) is 0. The van der Waals surface area contributed by atoms with E-state index in [4.69, 9.17) is 25.5 Å². The molecule has 0 saturated heterocycles. The van der Waals surface area contributed by atoms with E-state index in [9.17, 15) is 32.9 Å². The van der Waals surface area contributed by atoms with Crippen LogP contribution in [-0.4, -0.2) is 35.4 Å². The number of thiazole rings is 1. The Morgan fingerprint density at radius 3 is 2.56 bits per heavy atom. The first-order valence-electron chi connectivity index (χ1n) is 12.4. The number of furan rings is 1. The number of alkyl halides is 3. The van der Waals surface area contributed by atoms with Gasteiger partial charge in [-0.3, -0.25) is 19.5 Å². The Balaban J connectivity index is 1.68. The first kappa shape index (κ1) is 29.8. The van der Waals surface area contributed by atoms with Gasteiger partial charge in [-0.05, 0) is 42.8 Å². The Hall–Kier alpha value is -4.69. The average Bonchev–Trinajstić information content (AvgIpc) is 3.56. The SMILES string of the molecule is CCOC(=O)C1=C(C(F)(F)F)N=c2s/c(=C\c3ccc(-c4ccc([N+](=O)[O-])cc4OC)o3)c(=O)n2[C@@H]1c1ccc(Cl)cc1. The van der Waals surface area contributed by atoms with Gasteiger partial charge in [-0.2, -0.15) is 13.2 Å². The van der Waals surface area contributed by atoms with Gasteiger partial charge in [0.1, 0.15) is 17.3 Å². The van der Waals surface area contributed by atoms with Crippen LogP contribution in [0.5, 0.6) is 5.75 Å². The Morgan fingerprint density at radius 2 is 1.93 bits per heavy atom. The molecule has 43 heavy (non-hydrogen) atoms. The molecule has 5 rings (SSSR count). The van der Waals surface area contributed by atoms with Crippen LogP contribution in [0.25, 0.3) is 17.4 Å². The third-order valence-electron chi connectivity index (χ3n) is 6.34. The van der Waals surface area contributed by atoms with Gasteiger partial charge in [0.2, 0.25) is 0 Å². The van der Waals surface area contributed by atoms with Crippen molar-refractivity contribution in [1.29, 1.82) is 0 Å². The summed E-state index contributed by atoms with van der Waals surface area (Å²) in [4.78, 5) is 40.6. The van der Waals surface area contributed by atoms with Gasteiger partial charge in [0, 0.05) is 17.2 Å². The van der Waals surface area contributed by atoms with Gasteiger partial charge in [-0.25, -0.2) is 9.79 Å². The van der Waals surface area contributed by atoms with E-state index in [0.717, 1.165) is 4.57 Å². The van der Waals surface area contributed by atoms with Gasteiger partial charge in [0.25, 0.3) is 11.2 Å². The van der Waals surface area contributed by atoms with Gasteiger partial charge >= 0.3 is 12.1 Å². The minimum atomic E-state index is -5.04. The van der Waals surface area contributed by atoms with E-state index in [1.54, 1.807) is 6.07 Å². The molecule has 10 nitrogen and oxygen atoms in total. The summed E-state index contributed by atoms with van der Waals surface area (Å²) in [6.45, 7) is 1.24. The highest BCUT2D eigenvalue weighted by molar-refractivity contribution is 7.07. The number of halogens is 4. The second kappa shape index (κ2) is 11.5. The number of ether oxygens (including phenoxy) is 2. The number of nitro benzene ring substituents is 1. The van der Waals surface area contributed by atoms with Gasteiger partial charge in [0.15, 0.2) is 10.5 Å². The number of benzene rings is 2. The van der Waals surface area contributed by atoms with Gasteiger partial charge < -0.3 is 13.9 Å². The number of aromatic nitrogens is 1. The van der Waals surface area contributed by atoms with Crippen LogP contribution in [0.3, 0.4) is 0 Å². The quantitative estimate of drug-likeness (QED) is 0.156. The first-order valence-corrected chi connectivity index (χ1v) is 13.6. The normalized spacial score (nSPS) is 15.2. The van der Waals surface area contributed by atoms with Crippen LogP contribution in [0, 0.1) is 10.1 Å². The van der Waals surface area contributed by atoms with Crippen molar-refractivity contribution in [3.63, 3.8) is 0 Å². The summed E-state index contributed by atoms with van der Waals surface area (Å²) in [6.07, 6.45) is -3.72. The highest BCUT2D eigenvalue weighted by atomic mass is 35.5. The molecule has 0 aliphatic carbocycles. The average molecular weight is 634 g/mol. The number of nitrogens with zero attached hydrogens (tertiary/aromatic N) is 3. The molecular formula is C28H19ClF3N3O7S. The molecule has 0 fully saturated rings. The van der Waals surface area contributed by atoms with E-state index in [1.807, 2.05) is 0 Å². The van der Waals surface area contributed by atoms with Crippen molar-refractivity contribution in [3.05, 3.63) is 112 Å². The lowest BCUT2D eigenvalue weighted by Crippen LogP contribution is -2.41. The highest BCUT2D eigenvalue weighted by Gasteiger charge is 2.45. The number of allylic oxidation sites excluding steroid dienone is 1. The number of carbonyl (C=O) groups is 1. The Labute approximate surface area is 248 Å². The van der Waals surface area contributed by atoms with Crippen LogP contribution in [0.2, 0.25) is 5.02 Å². The highest BCUT2D eigenvalue weighted by Crippen LogP contribution is 2.39. The van der Waals surface area contributed by atoms with Crippen molar-refractivity contribution < 1.29 is 36.8 Å². The number of methoxy groups -OCH3 is 1. The smallest absolute Gasteiger partial charge is 0.434 e. The lowest BCUT2D eigenvalue weighted by molar-refractivity contribution is -0.384. The van der Waals surface area contributed by atoms with Crippen molar-refractivity contribution >= 4 is 40.7 Å². The number of esters is 1. The zero-order valence-corrected chi connectivity index (χ0v) is 23.7. The summed E-state index contributed by atoms with van der Waals surface area (Å²) in [6, 6.07) is 11.2. The van der Waals surface area contributed by atoms with Crippen LogP contribution in [-0.2, 0) is 9.53 Å². The minimum Gasteiger partial charge on any atom is -0.496 e. The maximum atomic E-state index is 14.3. The van der Waals surface area contributed by atoms with Gasteiger partial charge in [0.05, 0.1) is 46.4 Å². The molecule has 0 saturated carbocycles. The summed E-state index contributed by atoms with van der Waals surface area (Å²) in [5.74, 6) is -0.678. The summed E-state index contributed by atoms with van der Waals surface area (Å²) in [5, 5.41) is 11.4. The van der Waals surface area contributed by atoms with E-state index in [2.05, 4.69) is 4.99 Å². The number of rotatable bonds is 7. The predicted molar refractivity (Wildman–Crippen MR) is 150 cm³/mol. The molecule has 3 heterocycles. The summed E-state index contributed by atoms with van der Waals surface area (Å²) in [5.41, 5.74) is -2.64. The van der Waals surface area contributed by atoms with Crippen LogP contribution < -0.4 is 19.6 Å². The molecule has 0 spiro atoms. The summed E-state index contributed by atoms with van der Waals surface area (Å²) < 4.78 is 59.8. The van der Waals surface area contributed by atoms with Gasteiger partial charge in [-0.15, -0.1) is 0 Å². The monoisotopic (exact) mass is 633 g/mol. The fourth-order valence-electron chi connectivity index (χ4n) is 4.50. The molecule has 1 aliphatic heterocycles. The van der Waals surface area contributed by atoms with E-state index in [1.165, 1.54) is 68.6 Å². The van der Waals surface area contributed by atoms with Crippen molar-refractivity contribution in [2.45, 2.75) is 19.1 Å².